The van der Waals surface area contributed by atoms with Gasteiger partial charge in [0.05, 0.1) is 0 Å². The van der Waals surface area contributed by atoms with Crippen LogP contribution in [-0.4, -0.2) is 19.3 Å². The van der Waals surface area contributed by atoms with E-state index in [1.54, 1.807) is 0 Å². The summed E-state index contributed by atoms with van der Waals surface area (Å²) in [6.07, 6.45) is 3.40. The molecule has 16 heavy (non-hydrogen) atoms. The predicted octanol–water partition coefficient (Wildman–Crippen LogP) is 4.19. The number of anilines is 1. The lowest BCUT2D eigenvalue weighted by molar-refractivity contribution is 0.144. The lowest BCUT2D eigenvalue weighted by atomic mass is 10.1. The van der Waals surface area contributed by atoms with Crippen LogP contribution in [0.4, 0.5) is 5.69 Å². The van der Waals surface area contributed by atoms with Crippen LogP contribution < -0.4 is 5.32 Å². The molecule has 2 nitrogen and oxygen atoms in total. The zero-order valence-electron chi connectivity index (χ0n) is 9.01. The molecule has 1 saturated heterocycles. The van der Waals surface area contributed by atoms with E-state index < -0.39 is 0 Å². The Kier molecular flexibility index (Phi) is 4.67. The van der Waals surface area contributed by atoms with Crippen LogP contribution in [0.25, 0.3) is 0 Å². The van der Waals surface area contributed by atoms with Gasteiger partial charge in [-0.05, 0) is 53.4 Å². The van der Waals surface area contributed by atoms with Gasteiger partial charge < -0.3 is 10.1 Å². The second-order valence-electron chi connectivity index (χ2n) is 4.01. The molecule has 0 aromatic heterocycles. The van der Waals surface area contributed by atoms with E-state index in [2.05, 4.69) is 49.3 Å². The van der Waals surface area contributed by atoms with Crippen LogP contribution in [0.2, 0.25) is 0 Å². The van der Waals surface area contributed by atoms with E-state index >= 15 is 0 Å². The Morgan fingerprint density at radius 1 is 1.19 bits per heavy atom. The van der Waals surface area contributed by atoms with Gasteiger partial charge in [0, 0.05) is 33.9 Å². The van der Waals surface area contributed by atoms with Crippen LogP contribution in [0, 0.1) is 0 Å². The third-order valence-electron chi connectivity index (χ3n) is 2.74. The minimum atomic E-state index is 0.521. The summed E-state index contributed by atoms with van der Waals surface area (Å²) < 4.78 is 7.67. The first-order chi connectivity index (χ1) is 7.75. The Morgan fingerprint density at radius 2 is 2.06 bits per heavy atom. The second kappa shape index (κ2) is 6.03. The van der Waals surface area contributed by atoms with Crippen LogP contribution in [0.3, 0.4) is 0 Å². The topological polar surface area (TPSA) is 21.3 Å². The van der Waals surface area contributed by atoms with E-state index in [9.17, 15) is 0 Å². The fourth-order valence-electron chi connectivity index (χ4n) is 1.88. The molecule has 0 aliphatic carbocycles. The third kappa shape index (κ3) is 3.47. The summed E-state index contributed by atoms with van der Waals surface area (Å²) in [5.74, 6) is 0. The second-order valence-corrected chi connectivity index (χ2v) is 5.78. The van der Waals surface area contributed by atoms with E-state index in [4.69, 9.17) is 4.74 Å². The molecule has 1 atom stereocenters. The first-order valence-electron chi connectivity index (χ1n) is 5.55. The Balaban J connectivity index is 2.04. The van der Waals surface area contributed by atoms with Gasteiger partial charge in [-0.15, -0.1) is 0 Å². The van der Waals surface area contributed by atoms with Gasteiger partial charge in [-0.1, -0.05) is 15.9 Å². The first kappa shape index (κ1) is 12.4. The zero-order chi connectivity index (χ0) is 11.4. The molecule has 0 radical (unpaired) electrons. The molecule has 0 saturated carbocycles. The molecule has 1 aromatic carbocycles. The molecule has 1 aliphatic heterocycles. The highest BCUT2D eigenvalue weighted by molar-refractivity contribution is 9.11. The molecule has 2 rings (SSSR count). The lowest BCUT2D eigenvalue weighted by Crippen LogP contribution is -2.19. The molecule has 1 aromatic rings. The van der Waals surface area contributed by atoms with Crippen LogP contribution in [0.5, 0.6) is 0 Å². The summed E-state index contributed by atoms with van der Waals surface area (Å²) in [4.78, 5) is 0. The monoisotopic (exact) mass is 347 g/mol. The molecule has 1 N–H and O–H groups in total. The maximum atomic E-state index is 5.46. The number of ether oxygens (including phenoxy) is 1. The van der Waals surface area contributed by atoms with E-state index in [1.165, 1.54) is 6.42 Å². The first-order valence-corrected chi connectivity index (χ1v) is 7.13. The van der Waals surface area contributed by atoms with Gasteiger partial charge in [-0.25, -0.2) is 0 Å². The molecular weight excluding hydrogens is 334 g/mol. The predicted molar refractivity (Wildman–Crippen MR) is 73.9 cm³/mol. The third-order valence-corrected chi connectivity index (χ3v) is 3.92. The zero-order valence-corrected chi connectivity index (χ0v) is 12.2. The van der Waals surface area contributed by atoms with E-state index in [-0.39, 0.29) is 0 Å². The van der Waals surface area contributed by atoms with Gasteiger partial charge in [0.2, 0.25) is 0 Å². The van der Waals surface area contributed by atoms with E-state index in [0.29, 0.717) is 6.04 Å². The van der Waals surface area contributed by atoms with Crippen molar-refractivity contribution in [3.05, 3.63) is 27.1 Å². The highest BCUT2D eigenvalue weighted by Crippen LogP contribution is 2.28. The molecule has 88 valence electrons. The molecule has 0 amide bonds. The molecule has 1 fully saturated rings. The number of halogens is 2. The van der Waals surface area contributed by atoms with Crippen LogP contribution in [0.1, 0.15) is 19.3 Å². The Bertz CT molecular complexity index is 349. The molecule has 1 unspecified atom stereocenters. The highest BCUT2D eigenvalue weighted by atomic mass is 79.9. The van der Waals surface area contributed by atoms with Gasteiger partial charge in [-0.2, -0.15) is 0 Å². The lowest BCUT2D eigenvalue weighted by Gasteiger charge is -2.18. The van der Waals surface area contributed by atoms with Crippen molar-refractivity contribution in [3.63, 3.8) is 0 Å². The molecule has 4 heteroatoms. The van der Waals surface area contributed by atoms with Gasteiger partial charge in [-0.3, -0.25) is 0 Å². The van der Waals surface area contributed by atoms with E-state index in [0.717, 1.165) is 40.7 Å². The average Bonchev–Trinajstić information content (AvgIpc) is 2.52. The summed E-state index contributed by atoms with van der Waals surface area (Å²) >= 11 is 7.05. The summed E-state index contributed by atoms with van der Waals surface area (Å²) in [5.41, 5.74) is 1.15. The van der Waals surface area contributed by atoms with E-state index in [1.807, 2.05) is 6.07 Å². The Morgan fingerprint density at radius 3 is 2.94 bits per heavy atom. The average molecular weight is 349 g/mol. The summed E-state index contributed by atoms with van der Waals surface area (Å²) in [6, 6.07) is 6.72. The number of hydrogen-bond donors (Lipinski definition) is 1. The van der Waals surface area contributed by atoms with Crippen molar-refractivity contribution in [2.24, 2.45) is 0 Å². The largest absolute Gasteiger partial charge is 0.381 e. The van der Waals surface area contributed by atoms with Crippen molar-refractivity contribution in [1.82, 2.24) is 0 Å². The van der Waals surface area contributed by atoms with Crippen LogP contribution in [0.15, 0.2) is 27.1 Å². The number of nitrogens with one attached hydrogen (secondary N) is 1. The van der Waals surface area contributed by atoms with Crippen molar-refractivity contribution in [2.45, 2.75) is 25.3 Å². The molecule has 1 aliphatic rings. The smallest absolute Gasteiger partial charge is 0.0498 e. The van der Waals surface area contributed by atoms with Crippen molar-refractivity contribution in [3.8, 4) is 0 Å². The quantitative estimate of drug-likeness (QED) is 0.865. The maximum Gasteiger partial charge on any atom is 0.0498 e. The molecular formula is C12H15Br2NO. The van der Waals surface area contributed by atoms with Crippen molar-refractivity contribution in [2.75, 3.05) is 18.5 Å². The van der Waals surface area contributed by atoms with Crippen LogP contribution in [-0.2, 0) is 4.74 Å². The van der Waals surface area contributed by atoms with Gasteiger partial charge >= 0.3 is 0 Å². The molecule has 1 heterocycles. The van der Waals surface area contributed by atoms with Crippen LogP contribution >= 0.6 is 31.9 Å². The molecule has 0 spiro atoms. The summed E-state index contributed by atoms with van der Waals surface area (Å²) in [7, 11) is 0. The minimum absolute atomic E-state index is 0.521. The fraction of sp³-hybridized carbons (Fsp3) is 0.500. The number of hydrogen-bond acceptors (Lipinski definition) is 2. The normalized spacial score (nSPS) is 21.5. The summed E-state index contributed by atoms with van der Waals surface area (Å²) in [6.45, 7) is 1.77. The highest BCUT2D eigenvalue weighted by Gasteiger charge is 2.13. The molecule has 0 bridgehead atoms. The maximum absolute atomic E-state index is 5.46. The number of benzene rings is 1. The Labute approximate surface area is 113 Å². The van der Waals surface area contributed by atoms with Gasteiger partial charge in [0.1, 0.15) is 0 Å². The standard InChI is InChI=1S/C12H15Br2NO/c13-9-3-4-11(14)12(8-9)15-10-2-1-6-16-7-5-10/h3-4,8,10,15H,1-2,5-7H2. The number of rotatable bonds is 2. The Hall–Kier alpha value is -0.0600. The van der Waals surface area contributed by atoms with Crippen molar-refractivity contribution >= 4 is 37.5 Å². The van der Waals surface area contributed by atoms with Crippen molar-refractivity contribution < 1.29 is 4.74 Å². The van der Waals surface area contributed by atoms with Gasteiger partial charge in [0.25, 0.3) is 0 Å². The van der Waals surface area contributed by atoms with Gasteiger partial charge in [0.15, 0.2) is 0 Å². The summed E-state index contributed by atoms with van der Waals surface area (Å²) in [5, 5.41) is 3.57. The van der Waals surface area contributed by atoms with Crippen molar-refractivity contribution in [1.29, 1.82) is 0 Å². The SMILES string of the molecule is Brc1ccc(Br)c(NC2CCCOCC2)c1. The minimum Gasteiger partial charge on any atom is -0.381 e. The fourth-order valence-corrected chi connectivity index (χ4v) is 2.60.